The van der Waals surface area contributed by atoms with Crippen LogP contribution in [0, 0.1) is 0 Å². The van der Waals surface area contributed by atoms with E-state index in [1.807, 2.05) is 56.3 Å². The number of nitrogens with one attached hydrogen (secondary N) is 1. The summed E-state index contributed by atoms with van der Waals surface area (Å²) >= 11 is 0. The molecule has 0 spiro atoms. The highest BCUT2D eigenvalue weighted by Gasteiger charge is 2.27. The van der Waals surface area contributed by atoms with Crippen LogP contribution in [0.5, 0.6) is 11.5 Å². The molecule has 0 saturated heterocycles. The Kier molecular flexibility index (Phi) is 14.8. The van der Waals surface area contributed by atoms with Crippen LogP contribution in [0.4, 0.5) is 0 Å². The third kappa shape index (κ3) is 14.0. The van der Waals surface area contributed by atoms with Crippen molar-refractivity contribution < 1.29 is 33.5 Å². The summed E-state index contributed by atoms with van der Waals surface area (Å²) in [4.78, 5) is 0. The first-order chi connectivity index (χ1) is 20.1. The van der Waals surface area contributed by atoms with Crippen LogP contribution < -0.4 is 14.8 Å². The Bertz CT molecular complexity index is 1040. The summed E-state index contributed by atoms with van der Waals surface area (Å²) in [6.07, 6.45) is 3.82. The monoisotopic (exact) mass is 603 g/mol. The molecule has 0 bridgehead atoms. The summed E-state index contributed by atoms with van der Waals surface area (Å²) in [5, 5.41) is 13.9. The molecule has 236 valence electrons. The van der Waals surface area contributed by atoms with Gasteiger partial charge in [-0.25, -0.2) is 0 Å². The molecule has 0 amide bonds. The van der Waals surface area contributed by atoms with Crippen LogP contribution in [0.2, 0.25) is 25.7 Å². The third-order valence-corrected chi connectivity index (χ3v) is 8.68. The molecule has 1 heterocycles. The molecule has 1 atom stereocenters. The molecule has 3 rings (SSSR count). The highest BCUT2D eigenvalue weighted by atomic mass is 28.3. The van der Waals surface area contributed by atoms with Crippen molar-refractivity contribution in [1.82, 2.24) is 5.32 Å². The Morgan fingerprint density at radius 3 is 2.57 bits per heavy atom. The van der Waals surface area contributed by atoms with E-state index in [0.29, 0.717) is 33.0 Å². The molecule has 0 aromatic heterocycles. The van der Waals surface area contributed by atoms with Crippen molar-refractivity contribution in [2.45, 2.75) is 90.3 Å². The van der Waals surface area contributed by atoms with Crippen LogP contribution in [0.25, 0.3) is 0 Å². The number of aliphatic hydroxyl groups is 1. The fraction of sp³-hybridized carbons (Fsp3) is 0.636. The molecule has 8 nitrogen and oxygen atoms in total. The molecule has 0 fully saturated rings. The number of hydrogen-bond donors (Lipinski definition) is 2. The molecule has 0 radical (unpaired) electrons. The summed E-state index contributed by atoms with van der Waals surface area (Å²) in [5.74, 6) is 1.02. The van der Waals surface area contributed by atoms with E-state index in [9.17, 15) is 5.11 Å². The van der Waals surface area contributed by atoms with Crippen molar-refractivity contribution in [2.24, 2.45) is 0 Å². The van der Waals surface area contributed by atoms with E-state index in [0.717, 1.165) is 79.7 Å². The maximum atomic E-state index is 10.6. The highest BCUT2D eigenvalue weighted by molar-refractivity contribution is 6.76. The van der Waals surface area contributed by atoms with Gasteiger partial charge in [-0.15, -0.1) is 0 Å². The van der Waals surface area contributed by atoms with Crippen LogP contribution in [0.3, 0.4) is 0 Å². The zero-order chi connectivity index (χ0) is 30.3. The lowest BCUT2D eigenvalue weighted by Crippen LogP contribution is -2.35. The van der Waals surface area contributed by atoms with E-state index >= 15 is 0 Å². The number of hydrogen-bond acceptors (Lipinski definition) is 8. The lowest BCUT2D eigenvalue weighted by atomic mass is 10.0. The van der Waals surface area contributed by atoms with Gasteiger partial charge in [0.1, 0.15) is 11.5 Å². The summed E-state index contributed by atoms with van der Waals surface area (Å²) in [7, 11) is -1.07. The summed E-state index contributed by atoms with van der Waals surface area (Å²) < 4.78 is 34.4. The molecule has 1 aliphatic heterocycles. The van der Waals surface area contributed by atoms with Crippen molar-refractivity contribution in [3.05, 3.63) is 59.2 Å². The number of benzene rings is 2. The Morgan fingerprint density at radius 1 is 0.929 bits per heavy atom. The molecule has 42 heavy (non-hydrogen) atoms. The van der Waals surface area contributed by atoms with Crippen LogP contribution in [-0.4, -0.2) is 65.3 Å². The number of unbranched alkanes of at least 4 members (excludes halogenated alkanes) is 3. The first kappa shape index (κ1) is 34.5. The molecule has 2 N–H and O–H groups in total. The molecule has 2 aromatic carbocycles. The van der Waals surface area contributed by atoms with Crippen LogP contribution in [-0.2, 0) is 32.2 Å². The second kappa shape index (κ2) is 18.0. The van der Waals surface area contributed by atoms with Crippen LogP contribution >= 0.6 is 0 Å². The maximum Gasteiger partial charge on any atom is 0.205 e. The van der Waals surface area contributed by atoms with Gasteiger partial charge >= 0.3 is 0 Å². The zero-order valence-electron chi connectivity index (χ0n) is 26.4. The largest absolute Gasteiger partial charge is 0.468 e. The fourth-order valence-electron chi connectivity index (χ4n) is 4.41. The predicted octanol–water partition coefficient (Wildman–Crippen LogP) is 6.44. The molecule has 0 saturated carbocycles. The van der Waals surface area contributed by atoms with Gasteiger partial charge in [0, 0.05) is 47.2 Å². The Balaban J connectivity index is 1.12. The van der Waals surface area contributed by atoms with Gasteiger partial charge in [0.2, 0.25) is 5.79 Å². The molecular formula is C33H53NO7Si. The van der Waals surface area contributed by atoms with E-state index in [1.165, 1.54) is 0 Å². The van der Waals surface area contributed by atoms with Gasteiger partial charge in [-0.05, 0) is 60.8 Å². The molecule has 0 unspecified atom stereocenters. The van der Waals surface area contributed by atoms with Crippen molar-refractivity contribution in [2.75, 3.05) is 46.3 Å². The van der Waals surface area contributed by atoms with E-state index in [4.69, 9.17) is 28.4 Å². The Labute approximate surface area is 254 Å². The van der Waals surface area contributed by atoms with Gasteiger partial charge in [0.05, 0.1) is 32.5 Å². The maximum absolute atomic E-state index is 10.6. The SMILES string of the molecule is CC1(C)OCc2cc([C@@H](O)CNCCCCCCOCCOCc3cccc(OCOCC[Si](C)(C)C)c3)ccc2O1. The standard InChI is InChI=1S/C33H53NO7Si/c1-33(2)40-25-29-22-28(13-14-32(29)41-33)31(35)23-34-15-8-6-7-9-16-36-17-18-37-24-27-11-10-12-30(21-27)39-26-38-19-20-42(3,4)5/h10-14,21-22,31,34-35H,6-9,15-20,23-26H2,1-5H3/t31-/m0/s1. The zero-order valence-corrected chi connectivity index (χ0v) is 27.4. The molecule has 9 heteroatoms. The smallest absolute Gasteiger partial charge is 0.205 e. The van der Waals surface area contributed by atoms with E-state index in [-0.39, 0.29) is 6.79 Å². The average molecular weight is 604 g/mol. The van der Waals surface area contributed by atoms with Gasteiger partial charge in [-0.3, -0.25) is 0 Å². The average Bonchev–Trinajstić information content (AvgIpc) is 2.94. The van der Waals surface area contributed by atoms with Crippen molar-refractivity contribution >= 4 is 8.07 Å². The normalized spacial score (nSPS) is 15.2. The Hall–Kier alpha value is -1.98. The van der Waals surface area contributed by atoms with Crippen molar-refractivity contribution in [3.8, 4) is 11.5 Å². The number of rotatable bonds is 21. The lowest BCUT2D eigenvalue weighted by Gasteiger charge is -2.33. The topological polar surface area (TPSA) is 87.6 Å². The van der Waals surface area contributed by atoms with Crippen molar-refractivity contribution in [3.63, 3.8) is 0 Å². The first-order valence-corrected chi connectivity index (χ1v) is 19.1. The molecular weight excluding hydrogens is 550 g/mol. The Morgan fingerprint density at radius 2 is 1.74 bits per heavy atom. The molecule has 2 aromatic rings. The minimum Gasteiger partial charge on any atom is -0.468 e. The van der Waals surface area contributed by atoms with Gasteiger partial charge < -0.3 is 38.8 Å². The quantitative estimate of drug-likeness (QED) is 0.0958. The molecule has 1 aliphatic rings. The van der Waals surface area contributed by atoms with Gasteiger partial charge in [0.15, 0.2) is 6.79 Å². The first-order valence-electron chi connectivity index (χ1n) is 15.4. The van der Waals surface area contributed by atoms with Crippen LogP contribution in [0.15, 0.2) is 42.5 Å². The summed E-state index contributed by atoms with van der Waals surface area (Å²) in [6, 6.07) is 14.9. The molecule has 0 aliphatic carbocycles. The lowest BCUT2D eigenvalue weighted by molar-refractivity contribution is -0.180. The minimum atomic E-state index is -1.07. The van der Waals surface area contributed by atoms with E-state index < -0.39 is 20.0 Å². The number of fused-ring (bicyclic) bond motifs is 1. The predicted molar refractivity (Wildman–Crippen MR) is 169 cm³/mol. The van der Waals surface area contributed by atoms with Crippen LogP contribution in [0.1, 0.15) is 62.3 Å². The third-order valence-electron chi connectivity index (χ3n) is 6.97. The summed E-state index contributed by atoms with van der Waals surface area (Å²) in [5.41, 5.74) is 2.93. The fourth-order valence-corrected chi connectivity index (χ4v) is 5.17. The minimum absolute atomic E-state index is 0.282. The number of ether oxygens (including phenoxy) is 6. The second-order valence-corrected chi connectivity index (χ2v) is 18.2. The van der Waals surface area contributed by atoms with E-state index in [1.54, 1.807) is 0 Å². The highest BCUT2D eigenvalue weighted by Crippen LogP contribution is 2.32. The second-order valence-electron chi connectivity index (χ2n) is 12.6. The van der Waals surface area contributed by atoms with Crippen molar-refractivity contribution in [1.29, 1.82) is 0 Å². The van der Waals surface area contributed by atoms with Gasteiger partial charge in [-0.2, -0.15) is 0 Å². The van der Waals surface area contributed by atoms with E-state index in [2.05, 4.69) is 25.0 Å². The summed E-state index contributed by atoms with van der Waals surface area (Å²) in [6.45, 7) is 16.2. The van der Waals surface area contributed by atoms with Gasteiger partial charge in [-0.1, -0.05) is 50.7 Å². The van der Waals surface area contributed by atoms with Gasteiger partial charge in [0.25, 0.3) is 0 Å². The number of aliphatic hydroxyl groups excluding tert-OH is 1.